The highest BCUT2D eigenvalue weighted by Crippen LogP contribution is 2.23. The van der Waals surface area contributed by atoms with Crippen LogP contribution in [0.2, 0.25) is 0 Å². The van der Waals surface area contributed by atoms with Crippen molar-refractivity contribution < 1.29 is 9.50 Å². The Hall–Kier alpha value is -1.49. The molecule has 1 aromatic heterocycles. The summed E-state index contributed by atoms with van der Waals surface area (Å²) in [4.78, 5) is 0. The second-order valence-corrected chi connectivity index (χ2v) is 4.14. The summed E-state index contributed by atoms with van der Waals surface area (Å²) in [6.07, 6.45) is 0. The van der Waals surface area contributed by atoms with Crippen molar-refractivity contribution in [3.8, 4) is 0 Å². The summed E-state index contributed by atoms with van der Waals surface area (Å²) in [5.41, 5.74) is 0.870. The van der Waals surface area contributed by atoms with Gasteiger partial charge in [-0.05, 0) is 18.1 Å². The molecule has 16 heavy (non-hydrogen) atoms. The second kappa shape index (κ2) is 4.17. The molecule has 0 bridgehead atoms. The number of hydrogen-bond acceptors (Lipinski definition) is 3. The van der Waals surface area contributed by atoms with E-state index in [1.54, 1.807) is 12.1 Å². The van der Waals surface area contributed by atoms with Crippen LogP contribution in [-0.4, -0.2) is 26.7 Å². The molecule has 2 rings (SSSR count). The SMILES string of the molecule is CC(C)C(CO)n1nnc2cccc(F)c21. The molecule has 0 spiro atoms. The van der Waals surface area contributed by atoms with Crippen LogP contribution in [0.15, 0.2) is 18.2 Å². The third-order valence-electron chi connectivity index (χ3n) is 2.71. The largest absolute Gasteiger partial charge is 0.394 e. The normalized spacial score (nSPS) is 13.6. The number of fused-ring (bicyclic) bond motifs is 1. The van der Waals surface area contributed by atoms with Crippen molar-refractivity contribution in [3.63, 3.8) is 0 Å². The van der Waals surface area contributed by atoms with Gasteiger partial charge in [-0.25, -0.2) is 9.07 Å². The van der Waals surface area contributed by atoms with Gasteiger partial charge in [0.15, 0.2) is 5.82 Å². The Morgan fingerprint density at radius 3 is 2.81 bits per heavy atom. The van der Waals surface area contributed by atoms with Crippen LogP contribution in [0.1, 0.15) is 19.9 Å². The van der Waals surface area contributed by atoms with Crippen LogP contribution in [0, 0.1) is 11.7 Å². The highest BCUT2D eigenvalue weighted by Gasteiger charge is 2.20. The minimum absolute atomic E-state index is 0.0789. The van der Waals surface area contributed by atoms with Gasteiger partial charge in [-0.15, -0.1) is 5.10 Å². The highest BCUT2D eigenvalue weighted by atomic mass is 19.1. The summed E-state index contributed by atoms with van der Waals surface area (Å²) >= 11 is 0. The number of aromatic nitrogens is 3. The van der Waals surface area contributed by atoms with Crippen molar-refractivity contribution in [1.82, 2.24) is 15.0 Å². The van der Waals surface area contributed by atoms with E-state index >= 15 is 0 Å². The monoisotopic (exact) mass is 223 g/mol. The van der Waals surface area contributed by atoms with Crippen LogP contribution in [0.3, 0.4) is 0 Å². The lowest BCUT2D eigenvalue weighted by atomic mass is 10.1. The maximum absolute atomic E-state index is 13.7. The van der Waals surface area contributed by atoms with Crippen molar-refractivity contribution in [1.29, 1.82) is 0 Å². The number of para-hydroxylation sites is 1. The van der Waals surface area contributed by atoms with E-state index in [2.05, 4.69) is 10.3 Å². The number of aliphatic hydroxyl groups is 1. The lowest BCUT2D eigenvalue weighted by molar-refractivity contribution is 0.183. The fourth-order valence-electron chi connectivity index (χ4n) is 1.76. The van der Waals surface area contributed by atoms with E-state index in [4.69, 9.17) is 0 Å². The predicted octanol–water partition coefficient (Wildman–Crippen LogP) is 1.76. The Labute approximate surface area is 92.7 Å². The molecule has 1 aromatic carbocycles. The molecule has 5 heteroatoms. The van der Waals surface area contributed by atoms with Crippen LogP contribution in [0.4, 0.5) is 4.39 Å². The van der Waals surface area contributed by atoms with Gasteiger partial charge in [0.05, 0.1) is 12.6 Å². The van der Waals surface area contributed by atoms with Crippen LogP contribution in [0.5, 0.6) is 0 Å². The van der Waals surface area contributed by atoms with Crippen LogP contribution in [0.25, 0.3) is 11.0 Å². The van der Waals surface area contributed by atoms with Gasteiger partial charge in [-0.2, -0.15) is 0 Å². The standard InChI is InChI=1S/C11H14FN3O/c1-7(2)10(6-16)15-11-8(12)4-3-5-9(11)13-14-15/h3-5,7,10,16H,6H2,1-2H3. The molecule has 0 aliphatic heterocycles. The first-order valence-electron chi connectivity index (χ1n) is 5.25. The van der Waals surface area contributed by atoms with Gasteiger partial charge in [0.1, 0.15) is 11.0 Å². The summed E-state index contributed by atoms with van der Waals surface area (Å²) in [5.74, 6) is -0.198. The fraction of sp³-hybridized carbons (Fsp3) is 0.455. The van der Waals surface area contributed by atoms with Crippen molar-refractivity contribution >= 4 is 11.0 Å². The number of aliphatic hydroxyl groups excluding tert-OH is 1. The van der Waals surface area contributed by atoms with E-state index in [1.807, 2.05) is 13.8 Å². The van der Waals surface area contributed by atoms with Crippen molar-refractivity contribution in [3.05, 3.63) is 24.0 Å². The summed E-state index contributed by atoms with van der Waals surface area (Å²) < 4.78 is 15.1. The zero-order chi connectivity index (χ0) is 11.7. The lowest BCUT2D eigenvalue weighted by Gasteiger charge is -2.18. The topological polar surface area (TPSA) is 50.9 Å². The second-order valence-electron chi connectivity index (χ2n) is 4.14. The number of hydrogen-bond donors (Lipinski definition) is 1. The van der Waals surface area contributed by atoms with Gasteiger partial charge < -0.3 is 5.11 Å². The molecule has 0 saturated carbocycles. The van der Waals surface area contributed by atoms with Gasteiger partial charge in [-0.3, -0.25) is 0 Å². The molecule has 2 aromatic rings. The maximum atomic E-state index is 13.7. The van der Waals surface area contributed by atoms with Crippen molar-refractivity contribution in [2.75, 3.05) is 6.61 Å². The zero-order valence-corrected chi connectivity index (χ0v) is 9.26. The van der Waals surface area contributed by atoms with Gasteiger partial charge in [0, 0.05) is 0 Å². The molecule has 0 amide bonds. The van der Waals surface area contributed by atoms with E-state index in [0.29, 0.717) is 11.0 Å². The average molecular weight is 223 g/mol. The molecule has 0 aliphatic carbocycles. The van der Waals surface area contributed by atoms with Crippen LogP contribution in [-0.2, 0) is 0 Å². The summed E-state index contributed by atoms with van der Waals surface area (Å²) in [6.45, 7) is 3.83. The molecule has 1 N–H and O–H groups in total. The summed E-state index contributed by atoms with van der Waals surface area (Å²) in [6, 6.07) is 4.43. The van der Waals surface area contributed by atoms with Crippen molar-refractivity contribution in [2.45, 2.75) is 19.9 Å². The molecule has 0 fully saturated rings. The Bertz CT molecular complexity index is 495. The third-order valence-corrected chi connectivity index (χ3v) is 2.71. The Balaban J connectivity index is 2.60. The molecule has 1 heterocycles. The van der Waals surface area contributed by atoms with Gasteiger partial charge in [0.25, 0.3) is 0 Å². The maximum Gasteiger partial charge on any atom is 0.150 e. The first-order valence-corrected chi connectivity index (χ1v) is 5.25. The first-order chi connectivity index (χ1) is 7.65. The van der Waals surface area contributed by atoms with E-state index in [-0.39, 0.29) is 24.4 Å². The average Bonchev–Trinajstić information content (AvgIpc) is 2.64. The summed E-state index contributed by atoms with van der Waals surface area (Å²) in [7, 11) is 0. The number of nitrogens with zero attached hydrogens (tertiary/aromatic N) is 3. The Kier molecular flexibility index (Phi) is 2.87. The molecule has 86 valence electrons. The minimum Gasteiger partial charge on any atom is -0.394 e. The quantitative estimate of drug-likeness (QED) is 0.862. The van der Waals surface area contributed by atoms with Crippen LogP contribution >= 0.6 is 0 Å². The summed E-state index contributed by atoms with van der Waals surface area (Å²) in [5, 5.41) is 17.1. The van der Waals surface area contributed by atoms with Crippen LogP contribution < -0.4 is 0 Å². The van der Waals surface area contributed by atoms with E-state index < -0.39 is 0 Å². The molecular weight excluding hydrogens is 209 g/mol. The minimum atomic E-state index is -0.360. The number of halogens is 1. The zero-order valence-electron chi connectivity index (χ0n) is 9.26. The molecule has 1 unspecified atom stereocenters. The highest BCUT2D eigenvalue weighted by molar-refractivity contribution is 5.74. The molecule has 0 saturated heterocycles. The number of rotatable bonds is 3. The van der Waals surface area contributed by atoms with E-state index in [9.17, 15) is 9.50 Å². The number of benzene rings is 1. The predicted molar refractivity (Wildman–Crippen MR) is 58.4 cm³/mol. The Morgan fingerprint density at radius 1 is 1.44 bits per heavy atom. The molecule has 0 radical (unpaired) electrons. The Morgan fingerprint density at radius 2 is 2.19 bits per heavy atom. The van der Waals surface area contributed by atoms with Gasteiger partial charge in [0.2, 0.25) is 0 Å². The molecule has 4 nitrogen and oxygen atoms in total. The lowest BCUT2D eigenvalue weighted by Crippen LogP contribution is -2.20. The smallest absolute Gasteiger partial charge is 0.150 e. The van der Waals surface area contributed by atoms with E-state index in [0.717, 1.165) is 0 Å². The fourth-order valence-corrected chi connectivity index (χ4v) is 1.76. The van der Waals surface area contributed by atoms with Gasteiger partial charge >= 0.3 is 0 Å². The third kappa shape index (κ3) is 1.67. The van der Waals surface area contributed by atoms with Crippen molar-refractivity contribution in [2.24, 2.45) is 5.92 Å². The molecule has 1 atom stereocenters. The molecular formula is C11H14FN3O. The first kappa shape index (κ1) is 11.0. The van der Waals surface area contributed by atoms with Gasteiger partial charge in [-0.1, -0.05) is 25.1 Å². The van der Waals surface area contributed by atoms with E-state index in [1.165, 1.54) is 10.7 Å². The molecule has 0 aliphatic rings.